The Hall–Kier alpha value is -1.35. The maximum absolute atomic E-state index is 9.34. The molecule has 0 amide bonds. The molecule has 0 spiro atoms. The van der Waals surface area contributed by atoms with Crippen LogP contribution >= 0.6 is 0 Å². The van der Waals surface area contributed by atoms with Crippen LogP contribution in [0.4, 0.5) is 0 Å². The van der Waals surface area contributed by atoms with E-state index in [9.17, 15) is 5.11 Å². The van der Waals surface area contributed by atoms with E-state index in [0.29, 0.717) is 0 Å². The third kappa shape index (κ3) is 2.34. The molecule has 1 aliphatic rings. The van der Waals surface area contributed by atoms with Crippen LogP contribution in [-0.4, -0.2) is 42.6 Å². The zero-order chi connectivity index (χ0) is 12.5. The van der Waals surface area contributed by atoms with Gasteiger partial charge in [0.15, 0.2) is 0 Å². The first-order valence-corrected chi connectivity index (χ1v) is 6.02. The van der Waals surface area contributed by atoms with E-state index in [4.69, 9.17) is 0 Å². The lowest BCUT2D eigenvalue weighted by Crippen LogP contribution is -2.24. The number of aliphatic hydroxyl groups excluding tert-OH is 1. The van der Waals surface area contributed by atoms with Crippen molar-refractivity contribution in [3.8, 4) is 0 Å². The Morgan fingerprint density at radius 3 is 2.41 bits per heavy atom. The van der Waals surface area contributed by atoms with Gasteiger partial charge in [0, 0.05) is 24.6 Å². The first kappa shape index (κ1) is 12.1. The smallest absolute Gasteiger partial charge is 0.130 e. The molecule has 0 atom stereocenters. The van der Waals surface area contributed by atoms with Crippen molar-refractivity contribution in [3.05, 3.63) is 35.4 Å². The summed E-state index contributed by atoms with van der Waals surface area (Å²) in [6.07, 6.45) is 0. The normalized spacial score (nSPS) is 16.2. The van der Waals surface area contributed by atoms with Crippen LogP contribution in [0.15, 0.2) is 29.3 Å². The molecule has 1 N–H and O–H groups in total. The zero-order valence-corrected chi connectivity index (χ0v) is 10.8. The highest BCUT2D eigenvalue weighted by Crippen LogP contribution is 2.23. The summed E-state index contributed by atoms with van der Waals surface area (Å²) in [7, 11) is 2.07. The fourth-order valence-electron chi connectivity index (χ4n) is 2.01. The molecule has 2 rings (SSSR count). The van der Waals surface area contributed by atoms with E-state index < -0.39 is 0 Å². The Bertz CT molecular complexity index is 420. The molecule has 17 heavy (non-hydrogen) atoms. The van der Waals surface area contributed by atoms with Crippen LogP contribution in [0, 0.1) is 0 Å². The van der Waals surface area contributed by atoms with Crippen LogP contribution in [0.25, 0.3) is 0 Å². The van der Waals surface area contributed by atoms with Gasteiger partial charge in [0.25, 0.3) is 0 Å². The number of likely N-dealkylation sites (N-methyl/N-ethyl adjacent to an activating group) is 1. The van der Waals surface area contributed by atoms with Crippen LogP contribution < -0.4 is 0 Å². The Balaban J connectivity index is 2.25. The molecule has 0 unspecified atom stereocenters. The largest absolute Gasteiger partial charge is 0.395 e. The van der Waals surface area contributed by atoms with Crippen LogP contribution in [-0.2, 0) is 5.41 Å². The molecule has 1 aliphatic heterocycles. The minimum absolute atomic E-state index is 0.160. The Labute approximate surface area is 103 Å². The van der Waals surface area contributed by atoms with Gasteiger partial charge in [-0.2, -0.15) is 0 Å². The van der Waals surface area contributed by atoms with Gasteiger partial charge in [-0.05, 0) is 5.56 Å². The second-order valence-electron chi connectivity index (χ2n) is 5.25. The van der Waals surface area contributed by atoms with Crippen molar-refractivity contribution in [2.24, 2.45) is 4.99 Å². The van der Waals surface area contributed by atoms with Crippen molar-refractivity contribution >= 4 is 5.84 Å². The summed E-state index contributed by atoms with van der Waals surface area (Å²) < 4.78 is 0. The summed E-state index contributed by atoms with van der Waals surface area (Å²) in [6.45, 7) is 6.13. The van der Waals surface area contributed by atoms with Crippen molar-refractivity contribution in [3.63, 3.8) is 0 Å². The van der Waals surface area contributed by atoms with Crippen molar-refractivity contribution in [2.75, 3.05) is 26.7 Å². The van der Waals surface area contributed by atoms with Gasteiger partial charge in [0.05, 0.1) is 13.2 Å². The molecule has 0 aromatic heterocycles. The van der Waals surface area contributed by atoms with Crippen molar-refractivity contribution in [2.45, 2.75) is 19.3 Å². The second kappa shape index (κ2) is 4.49. The number of aliphatic imine (C=N–C) groups is 1. The zero-order valence-electron chi connectivity index (χ0n) is 10.8. The van der Waals surface area contributed by atoms with E-state index in [0.717, 1.165) is 30.1 Å². The third-order valence-corrected chi connectivity index (χ3v) is 3.38. The monoisotopic (exact) mass is 232 g/mol. The summed E-state index contributed by atoms with van der Waals surface area (Å²) in [6, 6.07) is 8.35. The highest BCUT2D eigenvalue weighted by atomic mass is 16.3. The lowest BCUT2D eigenvalue weighted by atomic mass is 9.85. The van der Waals surface area contributed by atoms with Gasteiger partial charge < -0.3 is 10.0 Å². The van der Waals surface area contributed by atoms with Crippen molar-refractivity contribution in [1.82, 2.24) is 4.90 Å². The van der Waals surface area contributed by atoms with Crippen molar-refractivity contribution < 1.29 is 5.11 Å². The maximum atomic E-state index is 9.34. The Morgan fingerprint density at radius 1 is 1.29 bits per heavy atom. The van der Waals surface area contributed by atoms with Crippen LogP contribution in [0.1, 0.15) is 25.0 Å². The predicted octanol–water partition coefficient (Wildman–Crippen LogP) is 1.65. The standard InChI is InChI=1S/C14H20N2O/c1-14(2,10-17)12-6-4-11(5-7-12)13-15-8-9-16(13)3/h4-7,17H,8-10H2,1-3H3. The number of hydrogen-bond acceptors (Lipinski definition) is 3. The molecule has 1 aromatic rings. The molecule has 0 bridgehead atoms. The second-order valence-corrected chi connectivity index (χ2v) is 5.25. The van der Waals surface area contributed by atoms with Gasteiger partial charge in [-0.25, -0.2) is 0 Å². The molecular formula is C14H20N2O. The predicted molar refractivity (Wildman–Crippen MR) is 70.6 cm³/mol. The van der Waals surface area contributed by atoms with Gasteiger partial charge in [-0.3, -0.25) is 4.99 Å². The number of rotatable bonds is 3. The minimum Gasteiger partial charge on any atom is -0.395 e. The summed E-state index contributed by atoms with van der Waals surface area (Å²) in [5.74, 6) is 1.07. The quantitative estimate of drug-likeness (QED) is 0.860. The van der Waals surface area contributed by atoms with E-state index in [1.165, 1.54) is 0 Å². The number of nitrogens with zero attached hydrogens (tertiary/aromatic N) is 2. The SMILES string of the molecule is CN1CCN=C1c1ccc(C(C)(C)CO)cc1. The number of amidine groups is 1. The van der Waals surface area contributed by atoms with Crippen LogP contribution in [0.3, 0.4) is 0 Å². The van der Waals surface area contributed by atoms with Gasteiger partial charge in [0.2, 0.25) is 0 Å². The van der Waals surface area contributed by atoms with Gasteiger partial charge >= 0.3 is 0 Å². The van der Waals surface area contributed by atoms with Gasteiger partial charge in [-0.1, -0.05) is 38.1 Å². The first-order chi connectivity index (χ1) is 8.04. The van der Waals surface area contributed by atoms with Crippen LogP contribution in [0.2, 0.25) is 0 Å². The number of hydrogen-bond donors (Lipinski definition) is 1. The van der Waals surface area contributed by atoms with Gasteiger partial charge in [-0.15, -0.1) is 0 Å². The third-order valence-electron chi connectivity index (χ3n) is 3.38. The molecule has 3 nitrogen and oxygen atoms in total. The first-order valence-electron chi connectivity index (χ1n) is 6.02. The lowest BCUT2D eigenvalue weighted by Gasteiger charge is -2.22. The van der Waals surface area contributed by atoms with Crippen molar-refractivity contribution in [1.29, 1.82) is 0 Å². The summed E-state index contributed by atoms with van der Waals surface area (Å²) in [5.41, 5.74) is 2.13. The summed E-state index contributed by atoms with van der Waals surface area (Å²) in [4.78, 5) is 6.66. The fraction of sp³-hybridized carbons (Fsp3) is 0.500. The van der Waals surface area contributed by atoms with E-state index in [-0.39, 0.29) is 12.0 Å². The molecule has 3 heteroatoms. The van der Waals surface area contributed by atoms with E-state index in [1.807, 2.05) is 13.8 Å². The van der Waals surface area contributed by atoms with Gasteiger partial charge in [0.1, 0.15) is 5.84 Å². The molecule has 0 saturated heterocycles. The van der Waals surface area contributed by atoms with E-state index in [2.05, 4.69) is 41.2 Å². The molecule has 0 aliphatic carbocycles. The maximum Gasteiger partial charge on any atom is 0.130 e. The van der Waals surface area contributed by atoms with Crippen LogP contribution in [0.5, 0.6) is 0 Å². The molecule has 0 saturated carbocycles. The minimum atomic E-state index is -0.179. The lowest BCUT2D eigenvalue weighted by molar-refractivity contribution is 0.218. The van der Waals surface area contributed by atoms with E-state index >= 15 is 0 Å². The highest BCUT2D eigenvalue weighted by Gasteiger charge is 2.20. The summed E-state index contributed by atoms with van der Waals surface area (Å²) >= 11 is 0. The molecule has 1 heterocycles. The molecule has 1 aromatic carbocycles. The average molecular weight is 232 g/mol. The molecule has 0 fully saturated rings. The Kier molecular flexibility index (Phi) is 3.20. The molecular weight excluding hydrogens is 212 g/mol. The topological polar surface area (TPSA) is 35.8 Å². The molecule has 0 radical (unpaired) electrons. The summed E-state index contributed by atoms with van der Waals surface area (Å²) in [5, 5.41) is 9.34. The Morgan fingerprint density at radius 2 is 1.94 bits per heavy atom. The fourth-order valence-corrected chi connectivity index (χ4v) is 2.01. The number of aliphatic hydroxyl groups is 1. The average Bonchev–Trinajstić information content (AvgIpc) is 2.76. The van der Waals surface area contributed by atoms with E-state index in [1.54, 1.807) is 0 Å². The highest BCUT2D eigenvalue weighted by molar-refractivity contribution is 5.99. The number of benzene rings is 1. The molecule has 92 valence electrons.